The molecule has 3 unspecified atom stereocenters. The second-order valence-corrected chi connectivity index (χ2v) is 6.41. The maximum atomic E-state index is 12.5. The summed E-state index contributed by atoms with van der Waals surface area (Å²) in [5.74, 6) is 2.38. The molecule has 1 aromatic rings. The summed E-state index contributed by atoms with van der Waals surface area (Å²) in [4.78, 5) is 14.3. The zero-order chi connectivity index (χ0) is 14.3. The Morgan fingerprint density at radius 3 is 2.85 bits per heavy atom. The molecule has 3 atom stereocenters. The number of rotatable bonds is 4. The number of carbonyl (C=O) groups excluding carboxylic acids is 1. The molecule has 2 fully saturated rings. The minimum atomic E-state index is -0.0440. The third-order valence-corrected chi connectivity index (χ3v) is 5.06. The van der Waals surface area contributed by atoms with E-state index in [1.165, 1.54) is 25.7 Å². The molecule has 5 heteroatoms. The molecule has 2 aliphatic rings. The van der Waals surface area contributed by atoms with Gasteiger partial charge in [-0.25, -0.2) is 0 Å². The monoisotopic (exact) mass is 276 g/mol. The average Bonchev–Trinajstić information content (AvgIpc) is 3.12. The third kappa shape index (κ3) is 2.30. The number of nitrogens with zero attached hydrogens (tertiary/aromatic N) is 3. The van der Waals surface area contributed by atoms with Crippen LogP contribution in [0.1, 0.15) is 43.1 Å². The molecule has 2 saturated carbocycles. The molecule has 0 aliphatic heterocycles. The largest absolute Gasteiger partial charge is 0.396 e. The molecule has 20 heavy (non-hydrogen) atoms. The second kappa shape index (κ2) is 5.11. The molecule has 0 aromatic carbocycles. The lowest BCUT2D eigenvalue weighted by atomic mass is 9.88. The van der Waals surface area contributed by atoms with Crippen molar-refractivity contribution in [2.24, 2.45) is 17.8 Å². The first-order valence-corrected chi connectivity index (χ1v) is 7.66. The van der Waals surface area contributed by atoms with Crippen LogP contribution in [-0.4, -0.2) is 34.2 Å². The number of aryl methyl sites for hydroxylation is 1. The zero-order valence-corrected chi connectivity index (χ0v) is 12.4. The predicted octanol–water partition coefficient (Wildman–Crippen LogP) is 1.99. The molecule has 0 radical (unpaired) electrons. The topological polar surface area (TPSA) is 64.2 Å². The van der Waals surface area contributed by atoms with Gasteiger partial charge in [0.25, 0.3) is 5.91 Å². The van der Waals surface area contributed by atoms with Crippen molar-refractivity contribution in [2.45, 2.75) is 39.2 Å². The fourth-order valence-electron chi connectivity index (χ4n) is 3.98. The van der Waals surface area contributed by atoms with E-state index in [4.69, 9.17) is 5.73 Å². The van der Waals surface area contributed by atoms with Crippen LogP contribution in [0.25, 0.3) is 0 Å². The van der Waals surface area contributed by atoms with Gasteiger partial charge >= 0.3 is 0 Å². The number of amides is 1. The summed E-state index contributed by atoms with van der Waals surface area (Å²) in [6.07, 6.45) is 7.15. The van der Waals surface area contributed by atoms with Gasteiger partial charge in [-0.2, -0.15) is 5.10 Å². The normalized spacial score (nSPS) is 28.0. The quantitative estimate of drug-likeness (QED) is 0.914. The number of hydrogen-bond acceptors (Lipinski definition) is 3. The van der Waals surface area contributed by atoms with Crippen molar-refractivity contribution in [3.63, 3.8) is 0 Å². The van der Waals surface area contributed by atoms with Gasteiger partial charge < -0.3 is 10.6 Å². The van der Waals surface area contributed by atoms with Crippen molar-refractivity contribution in [2.75, 3.05) is 19.3 Å². The summed E-state index contributed by atoms with van der Waals surface area (Å²) in [6.45, 7) is 3.56. The number of nitrogen functional groups attached to an aromatic ring is 1. The molecule has 0 spiro atoms. The lowest BCUT2D eigenvalue weighted by molar-refractivity contribution is 0.0748. The van der Waals surface area contributed by atoms with Crippen LogP contribution < -0.4 is 5.73 Å². The first kappa shape index (κ1) is 13.5. The van der Waals surface area contributed by atoms with Crippen LogP contribution in [0.5, 0.6) is 0 Å². The van der Waals surface area contributed by atoms with Crippen LogP contribution in [0.4, 0.5) is 5.69 Å². The number of aromatic nitrogens is 2. The summed E-state index contributed by atoms with van der Waals surface area (Å²) < 4.78 is 1.72. The summed E-state index contributed by atoms with van der Waals surface area (Å²) in [7, 11) is 1.87. The Bertz CT molecular complexity index is 510. The highest BCUT2D eigenvalue weighted by atomic mass is 16.2. The molecular formula is C15H24N4O. The Morgan fingerprint density at radius 1 is 1.50 bits per heavy atom. The van der Waals surface area contributed by atoms with Gasteiger partial charge in [0.2, 0.25) is 0 Å². The Hall–Kier alpha value is -1.52. The van der Waals surface area contributed by atoms with Crippen LogP contribution in [0.2, 0.25) is 0 Å². The van der Waals surface area contributed by atoms with Crippen LogP contribution in [0.15, 0.2) is 6.20 Å². The number of fused-ring (bicyclic) bond motifs is 2. The minimum absolute atomic E-state index is 0.0440. The number of carbonyl (C=O) groups is 1. The standard InChI is InChI=1S/C15H24N4O/c1-3-19-9-13(16)14(17-19)15(20)18(2)8-12-7-10-4-5-11(12)6-10/h9-12H,3-8,16H2,1-2H3. The van der Waals surface area contributed by atoms with Crippen molar-refractivity contribution in [3.8, 4) is 0 Å². The highest BCUT2D eigenvalue weighted by Gasteiger charge is 2.40. The molecule has 110 valence electrons. The van der Waals surface area contributed by atoms with Gasteiger partial charge in [-0.15, -0.1) is 0 Å². The average molecular weight is 276 g/mol. The van der Waals surface area contributed by atoms with Gasteiger partial charge in [-0.05, 0) is 43.9 Å². The third-order valence-electron chi connectivity index (χ3n) is 5.06. The molecule has 5 nitrogen and oxygen atoms in total. The second-order valence-electron chi connectivity index (χ2n) is 6.41. The molecule has 1 amide bonds. The van der Waals surface area contributed by atoms with Gasteiger partial charge in [0, 0.05) is 26.3 Å². The molecule has 3 rings (SSSR count). The van der Waals surface area contributed by atoms with E-state index in [1.807, 2.05) is 18.9 Å². The Morgan fingerprint density at radius 2 is 2.30 bits per heavy atom. The molecule has 2 bridgehead atoms. The van der Waals surface area contributed by atoms with Crippen LogP contribution in [-0.2, 0) is 6.54 Å². The fourth-order valence-corrected chi connectivity index (χ4v) is 3.98. The summed E-state index contributed by atoms with van der Waals surface area (Å²) >= 11 is 0. The minimum Gasteiger partial charge on any atom is -0.396 e. The molecule has 2 N–H and O–H groups in total. The first-order chi connectivity index (χ1) is 9.58. The number of nitrogens with two attached hydrogens (primary N) is 1. The highest BCUT2D eigenvalue weighted by Crippen LogP contribution is 2.48. The SMILES string of the molecule is CCn1cc(N)c(C(=O)N(C)CC2CC3CCC2C3)n1. The predicted molar refractivity (Wildman–Crippen MR) is 78.2 cm³/mol. The van der Waals surface area contributed by atoms with Gasteiger partial charge in [0.05, 0.1) is 5.69 Å². The maximum absolute atomic E-state index is 12.5. The van der Waals surface area contributed by atoms with Gasteiger partial charge in [0.1, 0.15) is 0 Å². The van der Waals surface area contributed by atoms with Gasteiger partial charge in [0.15, 0.2) is 5.69 Å². The van der Waals surface area contributed by atoms with Gasteiger partial charge in [-0.1, -0.05) is 6.42 Å². The van der Waals surface area contributed by atoms with Gasteiger partial charge in [-0.3, -0.25) is 9.48 Å². The Labute approximate surface area is 120 Å². The molecule has 0 saturated heterocycles. The van der Waals surface area contributed by atoms with Crippen molar-refractivity contribution in [1.82, 2.24) is 14.7 Å². The van der Waals surface area contributed by atoms with E-state index >= 15 is 0 Å². The van der Waals surface area contributed by atoms with Crippen molar-refractivity contribution in [1.29, 1.82) is 0 Å². The maximum Gasteiger partial charge on any atom is 0.276 e. The van der Waals surface area contributed by atoms with E-state index in [0.717, 1.165) is 24.9 Å². The molecule has 1 aromatic heterocycles. The molecule has 1 heterocycles. The zero-order valence-electron chi connectivity index (χ0n) is 12.4. The summed E-state index contributed by atoms with van der Waals surface area (Å²) in [5.41, 5.74) is 6.78. The summed E-state index contributed by atoms with van der Waals surface area (Å²) in [6, 6.07) is 0. The summed E-state index contributed by atoms with van der Waals surface area (Å²) in [5, 5.41) is 4.27. The highest BCUT2D eigenvalue weighted by molar-refractivity contribution is 5.96. The van der Waals surface area contributed by atoms with E-state index in [0.29, 0.717) is 17.3 Å². The van der Waals surface area contributed by atoms with Crippen molar-refractivity contribution in [3.05, 3.63) is 11.9 Å². The number of hydrogen-bond donors (Lipinski definition) is 1. The lowest BCUT2D eigenvalue weighted by Gasteiger charge is -2.26. The molecular weight excluding hydrogens is 252 g/mol. The van der Waals surface area contributed by atoms with E-state index in [1.54, 1.807) is 10.9 Å². The fraction of sp³-hybridized carbons (Fsp3) is 0.733. The van der Waals surface area contributed by atoms with Crippen LogP contribution in [0.3, 0.4) is 0 Å². The smallest absolute Gasteiger partial charge is 0.276 e. The van der Waals surface area contributed by atoms with E-state index in [-0.39, 0.29) is 5.91 Å². The van der Waals surface area contributed by atoms with Crippen LogP contribution >= 0.6 is 0 Å². The van der Waals surface area contributed by atoms with E-state index in [9.17, 15) is 4.79 Å². The van der Waals surface area contributed by atoms with Crippen molar-refractivity contribution < 1.29 is 4.79 Å². The Balaban J connectivity index is 1.65. The molecule has 2 aliphatic carbocycles. The lowest BCUT2D eigenvalue weighted by Crippen LogP contribution is -2.34. The van der Waals surface area contributed by atoms with E-state index in [2.05, 4.69) is 5.10 Å². The van der Waals surface area contributed by atoms with Crippen molar-refractivity contribution >= 4 is 11.6 Å². The Kier molecular flexibility index (Phi) is 3.44. The first-order valence-electron chi connectivity index (χ1n) is 7.66. The van der Waals surface area contributed by atoms with Crippen LogP contribution in [0, 0.1) is 17.8 Å². The van der Waals surface area contributed by atoms with E-state index < -0.39 is 0 Å². The number of anilines is 1.